The minimum absolute atomic E-state index is 0.138. The van der Waals surface area contributed by atoms with Crippen molar-refractivity contribution in [2.24, 2.45) is 0 Å². The Morgan fingerprint density at radius 3 is 1.42 bits per heavy atom. The van der Waals surface area contributed by atoms with E-state index in [1.165, 1.54) is 0 Å². The molecule has 0 unspecified atom stereocenters. The first-order valence-electron chi connectivity index (χ1n) is 24.5. The van der Waals surface area contributed by atoms with Gasteiger partial charge in [-0.3, -0.25) is 9.59 Å². The maximum Gasteiger partial charge on any atom is 0.306 e. The maximum atomic E-state index is 13.0. The number of carbonyl (C=O) groups is 2. The average molecular weight is 937 g/mol. The Morgan fingerprint density at radius 2 is 0.909 bits per heavy atom. The lowest BCUT2D eigenvalue weighted by Crippen LogP contribution is -2.61. The van der Waals surface area contributed by atoms with E-state index in [1.807, 2.05) is 0 Å². The fourth-order valence-corrected chi connectivity index (χ4v) is 7.18. The molecular weight excluding hydrogens is 853 g/mol. The highest BCUT2D eigenvalue weighted by molar-refractivity contribution is 5.70. The van der Waals surface area contributed by atoms with Crippen LogP contribution >= 0.6 is 0 Å². The maximum absolute atomic E-state index is 13.0. The first-order valence-corrected chi connectivity index (χ1v) is 24.5. The normalized spacial score (nSPS) is 26.8. The van der Waals surface area contributed by atoms with Crippen LogP contribution in [0.1, 0.15) is 142 Å². The Labute approximate surface area is 393 Å². The van der Waals surface area contributed by atoms with Crippen LogP contribution in [0.2, 0.25) is 0 Å². The fourth-order valence-electron chi connectivity index (χ4n) is 7.18. The topological polar surface area (TPSA) is 231 Å². The third-order valence-electron chi connectivity index (χ3n) is 11.2. The number of aliphatic hydroxyl groups excluding tert-OH is 7. The van der Waals surface area contributed by atoms with E-state index in [1.54, 1.807) is 0 Å². The van der Waals surface area contributed by atoms with Crippen molar-refractivity contribution < 1.29 is 73.8 Å². The van der Waals surface area contributed by atoms with Crippen LogP contribution in [-0.2, 0) is 38.0 Å². The van der Waals surface area contributed by atoms with E-state index in [0.717, 1.165) is 103 Å². The van der Waals surface area contributed by atoms with Crippen molar-refractivity contribution in [2.75, 3.05) is 26.4 Å². The summed E-state index contributed by atoms with van der Waals surface area (Å²) in [6, 6.07) is 0. The summed E-state index contributed by atoms with van der Waals surface area (Å²) >= 11 is 0. The zero-order valence-electron chi connectivity index (χ0n) is 39.6. The van der Waals surface area contributed by atoms with Gasteiger partial charge in [0.15, 0.2) is 18.7 Å². The molecule has 0 bridgehead atoms. The highest BCUT2D eigenvalue weighted by Crippen LogP contribution is 2.26. The first-order chi connectivity index (χ1) is 32.0. The number of hydrogen-bond donors (Lipinski definition) is 7. The smallest absolute Gasteiger partial charge is 0.306 e. The van der Waals surface area contributed by atoms with Crippen LogP contribution in [0.3, 0.4) is 0 Å². The van der Waals surface area contributed by atoms with Crippen LogP contribution < -0.4 is 0 Å². The molecule has 0 spiro atoms. The minimum atomic E-state index is -1.77. The van der Waals surface area contributed by atoms with Crippen molar-refractivity contribution in [1.29, 1.82) is 0 Å². The molecule has 2 aliphatic heterocycles. The molecule has 0 radical (unpaired) electrons. The van der Waals surface area contributed by atoms with Gasteiger partial charge in [-0.15, -0.1) is 0 Å². The van der Waals surface area contributed by atoms with Crippen molar-refractivity contribution in [3.63, 3.8) is 0 Å². The summed E-state index contributed by atoms with van der Waals surface area (Å²) in [5, 5.41) is 72.0. The van der Waals surface area contributed by atoms with Gasteiger partial charge in [0.25, 0.3) is 0 Å². The third-order valence-corrected chi connectivity index (χ3v) is 11.2. The van der Waals surface area contributed by atoms with Gasteiger partial charge < -0.3 is 64.2 Å². The highest BCUT2D eigenvalue weighted by atomic mass is 16.7. The van der Waals surface area contributed by atoms with Crippen LogP contribution in [0.4, 0.5) is 0 Å². The summed E-state index contributed by atoms with van der Waals surface area (Å²) in [5.74, 6) is -0.973. The second-order valence-electron chi connectivity index (χ2n) is 16.9. The van der Waals surface area contributed by atoms with Crippen molar-refractivity contribution in [2.45, 2.75) is 210 Å². The summed E-state index contributed by atoms with van der Waals surface area (Å²) < 4.78 is 33.5. The second kappa shape index (κ2) is 37.9. The van der Waals surface area contributed by atoms with Gasteiger partial charge in [0, 0.05) is 12.8 Å². The molecule has 0 amide bonds. The molecule has 378 valence electrons. The lowest BCUT2D eigenvalue weighted by molar-refractivity contribution is -0.332. The Balaban J connectivity index is 1.84. The van der Waals surface area contributed by atoms with Gasteiger partial charge in [0.2, 0.25) is 0 Å². The van der Waals surface area contributed by atoms with E-state index >= 15 is 0 Å². The van der Waals surface area contributed by atoms with Crippen molar-refractivity contribution in [3.05, 3.63) is 72.9 Å². The van der Waals surface area contributed by atoms with E-state index in [0.29, 0.717) is 12.8 Å². The number of unbranched alkanes of at least 4 members (excludes halogenated alkanes) is 10. The SMILES string of the molecule is CC/C=C\C/C=C\C/C=C\CCCCCCCC(=O)OC[C@@H](CO[C@H]1O[C@@H](CO[C@@H]2O[C@H](CO)[C@@H](O)[C@@H](O)[C@@H]2O)[C@H](O)[C@@H](O)[C@@H]1O)OC(=O)CCCCCCC/C=C\C/C=C\C/C=C\CC. The molecule has 2 rings (SSSR count). The Hall–Kier alpha value is -3.06. The molecule has 7 N–H and O–H groups in total. The molecule has 0 aromatic rings. The molecule has 2 heterocycles. The molecule has 0 aromatic carbocycles. The second-order valence-corrected chi connectivity index (χ2v) is 16.9. The Bertz CT molecular complexity index is 1430. The predicted molar refractivity (Wildman–Crippen MR) is 252 cm³/mol. The van der Waals surface area contributed by atoms with E-state index in [4.69, 9.17) is 28.4 Å². The lowest BCUT2D eigenvalue weighted by atomic mass is 9.98. The summed E-state index contributed by atoms with van der Waals surface area (Å²) in [6.07, 6.45) is 26.5. The zero-order chi connectivity index (χ0) is 48.2. The van der Waals surface area contributed by atoms with Gasteiger partial charge in [-0.2, -0.15) is 0 Å². The molecule has 11 atom stereocenters. The zero-order valence-corrected chi connectivity index (χ0v) is 39.6. The van der Waals surface area contributed by atoms with Crippen molar-refractivity contribution in [1.82, 2.24) is 0 Å². The number of aliphatic hydroxyl groups is 7. The van der Waals surface area contributed by atoms with Crippen LogP contribution in [0.25, 0.3) is 0 Å². The van der Waals surface area contributed by atoms with E-state index in [9.17, 15) is 45.3 Å². The van der Waals surface area contributed by atoms with E-state index < -0.39 is 99.3 Å². The van der Waals surface area contributed by atoms with Crippen molar-refractivity contribution in [3.8, 4) is 0 Å². The van der Waals surface area contributed by atoms with Crippen LogP contribution in [0, 0.1) is 0 Å². The number of allylic oxidation sites excluding steroid dienone is 12. The average Bonchev–Trinajstić information content (AvgIpc) is 3.31. The molecule has 2 saturated heterocycles. The van der Waals surface area contributed by atoms with Gasteiger partial charge in [-0.1, -0.05) is 125 Å². The highest BCUT2D eigenvalue weighted by Gasteiger charge is 2.47. The Morgan fingerprint density at radius 1 is 0.485 bits per heavy atom. The number of esters is 2. The molecule has 0 aromatic heterocycles. The van der Waals surface area contributed by atoms with Gasteiger partial charge in [0.05, 0.1) is 19.8 Å². The predicted octanol–water partition coefficient (Wildman–Crippen LogP) is 6.26. The number of rotatable bonds is 36. The molecule has 0 aliphatic carbocycles. The minimum Gasteiger partial charge on any atom is -0.462 e. The monoisotopic (exact) mass is 937 g/mol. The third kappa shape index (κ3) is 25.9. The molecular formula is C51H84O15. The largest absolute Gasteiger partial charge is 0.462 e. The van der Waals surface area contributed by atoms with E-state index in [2.05, 4.69) is 86.8 Å². The van der Waals surface area contributed by atoms with Crippen LogP contribution in [0.5, 0.6) is 0 Å². The van der Waals surface area contributed by atoms with Crippen molar-refractivity contribution >= 4 is 11.9 Å². The van der Waals surface area contributed by atoms with Gasteiger partial charge in [0.1, 0.15) is 55.4 Å². The summed E-state index contributed by atoms with van der Waals surface area (Å²) in [6.45, 7) is 2.30. The lowest BCUT2D eigenvalue weighted by Gasteiger charge is -2.42. The van der Waals surface area contributed by atoms with Crippen LogP contribution in [-0.4, -0.2) is 142 Å². The molecule has 0 saturated carbocycles. The van der Waals surface area contributed by atoms with Gasteiger partial charge in [-0.05, 0) is 77.0 Å². The summed E-state index contributed by atoms with van der Waals surface area (Å²) in [4.78, 5) is 25.7. The van der Waals surface area contributed by atoms with E-state index in [-0.39, 0.29) is 19.4 Å². The molecule has 2 fully saturated rings. The quantitative estimate of drug-likeness (QED) is 0.0209. The van der Waals surface area contributed by atoms with Gasteiger partial charge >= 0.3 is 11.9 Å². The molecule has 15 heteroatoms. The summed E-state index contributed by atoms with van der Waals surface area (Å²) in [5.41, 5.74) is 0. The molecule has 2 aliphatic rings. The van der Waals surface area contributed by atoms with Crippen LogP contribution in [0.15, 0.2) is 72.9 Å². The number of ether oxygens (including phenoxy) is 6. The summed E-state index contributed by atoms with van der Waals surface area (Å²) in [7, 11) is 0. The fraction of sp³-hybridized carbons (Fsp3) is 0.725. The molecule has 15 nitrogen and oxygen atoms in total. The number of carbonyl (C=O) groups excluding carboxylic acids is 2. The number of hydrogen-bond acceptors (Lipinski definition) is 15. The Kier molecular flexibility index (Phi) is 33.9. The first kappa shape index (κ1) is 59.1. The standard InChI is InChI=1S/C51H84O15/c1-3-5-7-9-11-13-15-17-19-21-23-25-27-29-31-33-42(53)61-36-39(64-43(54)34-32-30-28-26-24-22-20-18-16-14-12-10-8-6-4-2)37-62-50-49(60)47(58)45(56)41(66-50)38-63-51-48(59)46(57)44(55)40(35-52)65-51/h5-8,11-14,17-20,39-41,44-52,55-60H,3-4,9-10,15-16,21-38H2,1-2H3/b7-5-,8-6-,13-11-,14-12-,19-17-,20-18-/t39-,40+,41-,44+,45-,46+,47+,48-,49-,50-,51+/m0/s1. The van der Waals surface area contributed by atoms with Gasteiger partial charge in [-0.25, -0.2) is 0 Å². The molecule has 66 heavy (non-hydrogen) atoms.